The van der Waals surface area contributed by atoms with Gasteiger partial charge in [-0.2, -0.15) is 16.7 Å². The van der Waals surface area contributed by atoms with Crippen molar-refractivity contribution in [3.63, 3.8) is 0 Å². The summed E-state index contributed by atoms with van der Waals surface area (Å²) in [5, 5.41) is 10.2. The predicted molar refractivity (Wildman–Crippen MR) is 77.9 cm³/mol. The Morgan fingerprint density at radius 3 is 2.67 bits per heavy atom. The Morgan fingerprint density at radius 1 is 1.39 bits per heavy atom. The zero-order valence-electron chi connectivity index (χ0n) is 10.9. The molecule has 5 nitrogen and oxygen atoms in total. The molecule has 0 aliphatic heterocycles. The number of thioether (sulfide) groups is 2. The summed E-state index contributed by atoms with van der Waals surface area (Å²) >= 11 is 3.07. The van der Waals surface area contributed by atoms with E-state index in [-0.39, 0.29) is 11.4 Å². The van der Waals surface area contributed by atoms with Crippen molar-refractivity contribution < 1.29 is 5.11 Å². The van der Waals surface area contributed by atoms with E-state index in [0.29, 0.717) is 17.1 Å². The lowest BCUT2D eigenvalue weighted by atomic mass is 10.2. The third kappa shape index (κ3) is 4.91. The molecular formula is C11H19N3O2S2. The molecule has 0 aliphatic carbocycles. The van der Waals surface area contributed by atoms with Gasteiger partial charge in [-0.1, -0.05) is 11.8 Å². The van der Waals surface area contributed by atoms with Crippen molar-refractivity contribution in [2.45, 2.75) is 11.6 Å². The lowest BCUT2D eigenvalue weighted by Gasteiger charge is -2.09. The van der Waals surface area contributed by atoms with Gasteiger partial charge in [0.15, 0.2) is 5.16 Å². The lowest BCUT2D eigenvalue weighted by molar-refractivity contribution is 0.434. The Bertz CT molecular complexity index is 435. The molecule has 0 saturated carbocycles. The van der Waals surface area contributed by atoms with Gasteiger partial charge in [-0.05, 0) is 32.5 Å². The first-order chi connectivity index (χ1) is 8.54. The van der Waals surface area contributed by atoms with Crippen LogP contribution in [0.15, 0.2) is 9.95 Å². The minimum Gasteiger partial charge on any atom is -0.493 e. The number of aromatic amines is 1. The maximum absolute atomic E-state index is 11.8. The Morgan fingerprint density at radius 2 is 2.11 bits per heavy atom. The van der Waals surface area contributed by atoms with E-state index in [1.165, 1.54) is 11.8 Å². The summed E-state index contributed by atoms with van der Waals surface area (Å²) in [6.45, 7) is 0.892. The molecule has 1 aromatic rings. The predicted octanol–water partition coefficient (Wildman–Crippen LogP) is 1.03. The number of hydrogen-bond donors (Lipinski definition) is 2. The molecule has 1 heterocycles. The number of hydrogen-bond acceptors (Lipinski definition) is 6. The van der Waals surface area contributed by atoms with Crippen LogP contribution in [0.1, 0.15) is 5.56 Å². The second-order valence-electron chi connectivity index (χ2n) is 4.07. The molecule has 102 valence electrons. The van der Waals surface area contributed by atoms with Gasteiger partial charge in [0.1, 0.15) is 0 Å². The van der Waals surface area contributed by atoms with Crippen LogP contribution in [0, 0.1) is 0 Å². The van der Waals surface area contributed by atoms with E-state index in [0.717, 1.165) is 18.1 Å². The van der Waals surface area contributed by atoms with E-state index in [2.05, 4.69) is 14.9 Å². The smallest absolute Gasteiger partial charge is 0.258 e. The van der Waals surface area contributed by atoms with Crippen LogP contribution < -0.4 is 5.56 Å². The number of rotatable bonds is 7. The van der Waals surface area contributed by atoms with Crippen LogP contribution in [0.5, 0.6) is 5.88 Å². The first kappa shape index (κ1) is 15.4. The fourth-order valence-electron chi connectivity index (χ4n) is 1.29. The molecule has 18 heavy (non-hydrogen) atoms. The quantitative estimate of drug-likeness (QED) is 0.577. The molecule has 0 fully saturated rings. The van der Waals surface area contributed by atoms with Crippen molar-refractivity contribution in [2.24, 2.45) is 0 Å². The topological polar surface area (TPSA) is 69.2 Å². The van der Waals surface area contributed by atoms with E-state index in [1.807, 2.05) is 20.4 Å². The molecule has 7 heteroatoms. The van der Waals surface area contributed by atoms with E-state index in [9.17, 15) is 9.90 Å². The van der Waals surface area contributed by atoms with E-state index in [1.54, 1.807) is 11.8 Å². The first-order valence-electron chi connectivity index (χ1n) is 5.63. The number of aromatic nitrogens is 2. The van der Waals surface area contributed by atoms with E-state index >= 15 is 0 Å². The third-order valence-corrected chi connectivity index (χ3v) is 3.77. The van der Waals surface area contributed by atoms with Crippen LogP contribution in [0.3, 0.4) is 0 Å². The van der Waals surface area contributed by atoms with Gasteiger partial charge >= 0.3 is 0 Å². The van der Waals surface area contributed by atoms with Gasteiger partial charge in [0.25, 0.3) is 5.56 Å². The highest BCUT2D eigenvalue weighted by atomic mass is 32.2. The standard InChI is InChI=1S/C11H19N3O2S2/c1-14(2)5-7-18-11-12-9(15)8(4-6-17-3)10(16)13-11/h4-7H2,1-3H3,(H2,12,13,15,16). The van der Waals surface area contributed by atoms with Crippen LogP contribution in [0.25, 0.3) is 0 Å². The third-order valence-electron chi connectivity index (χ3n) is 2.31. The molecular weight excluding hydrogens is 270 g/mol. The van der Waals surface area contributed by atoms with Crippen LogP contribution in [-0.4, -0.2) is 58.4 Å². The highest BCUT2D eigenvalue weighted by Crippen LogP contribution is 2.17. The molecule has 0 saturated heterocycles. The van der Waals surface area contributed by atoms with Gasteiger partial charge < -0.3 is 15.0 Å². The largest absolute Gasteiger partial charge is 0.493 e. The maximum atomic E-state index is 11.8. The van der Waals surface area contributed by atoms with Crippen molar-refractivity contribution in [1.82, 2.24) is 14.9 Å². The molecule has 0 aromatic carbocycles. The summed E-state index contributed by atoms with van der Waals surface area (Å²) in [6.07, 6.45) is 2.50. The van der Waals surface area contributed by atoms with Crippen LogP contribution in [0.2, 0.25) is 0 Å². The number of aromatic hydroxyl groups is 1. The van der Waals surface area contributed by atoms with Crippen molar-refractivity contribution >= 4 is 23.5 Å². The molecule has 0 spiro atoms. The van der Waals surface area contributed by atoms with Crippen LogP contribution >= 0.6 is 23.5 Å². The van der Waals surface area contributed by atoms with Crippen molar-refractivity contribution in [3.8, 4) is 5.88 Å². The lowest BCUT2D eigenvalue weighted by Crippen LogP contribution is -2.17. The molecule has 2 N–H and O–H groups in total. The highest BCUT2D eigenvalue weighted by molar-refractivity contribution is 7.99. The normalized spacial score (nSPS) is 11.1. The molecule has 0 bridgehead atoms. The van der Waals surface area contributed by atoms with Crippen molar-refractivity contribution in [3.05, 3.63) is 15.9 Å². The number of H-pyrrole nitrogens is 1. The van der Waals surface area contributed by atoms with Gasteiger partial charge in [-0.15, -0.1) is 0 Å². The molecule has 0 aliphatic rings. The Hall–Kier alpha value is -0.660. The van der Waals surface area contributed by atoms with Crippen LogP contribution in [-0.2, 0) is 6.42 Å². The van der Waals surface area contributed by atoms with Crippen molar-refractivity contribution in [2.75, 3.05) is 38.4 Å². The molecule has 0 radical (unpaired) electrons. The fourth-order valence-corrected chi connectivity index (χ4v) is 2.66. The second-order valence-corrected chi connectivity index (χ2v) is 6.14. The maximum Gasteiger partial charge on any atom is 0.258 e. The molecule has 0 amide bonds. The van der Waals surface area contributed by atoms with E-state index < -0.39 is 0 Å². The average molecular weight is 289 g/mol. The Kier molecular flexibility index (Phi) is 6.59. The average Bonchev–Trinajstić information content (AvgIpc) is 2.27. The molecule has 0 unspecified atom stereocenters. The van der Waals surface area contributed by atoms with Crippen LogP contribution in [0.4, 0.5) is 0 Å². The first-order valence-corrected chi connectivity index (χ1v) is 8.01. The summed E-state index contributed by atoms with van der Waals surface area (Å²) in [5.74, 6) is 1.48. The zero-order valence-corrected chi connectivity index (χ0v) is 12.5. The number of nitrogens with one attached hydrogen (secondary N) is 1. The van der Waals surface area contributed by atoms with E-state index in [4.69, 9.17) is 0 Å². The summed E-state index contributed by atoms with van der Waals surface area (Å²) in [4.78, 5) is 20.6. The molecule has 1 rings (SSSR count). The Balaban J connectivity index is 2.70. The van der Waals surface area contributed by atoms with Gasteiger partial charge in [0.05, 0.1) is 5.56 Å². The Labute approximate surface area is 115 Å². The zero-order chi connectivity index (χ0) is 13.5. The van der Waals surface area contributed by atoms with Crippen molar-refractivity contribution in [1.29, 1.82) is 0 Å². The summed E-state index contributed by atoms with van der Waals surface area (Å²) in [5.41, 5.74) is 0.144. The second kappa shape index (κ2) is 7.70. The SMILES string of the molecule is CSCCc1c(O)nc(SCCN(C)C)[nH]c1=O. The van der Waals surface area contributed by atoms with Gasteiger partial charge in [0, 0.05) is 12.3 Å². The summed E-state index contributed by atoms with van der Waals surface area (Å²) in [6, 6.07) is 0. The minimum atomic E-state index is -0.232. The fraction of sp³-hybridized carbons (Fsp3) is 0.636. The van der Waals surface area contributed by atoms with Gasteiger partial charge in [-0.25, -0.2) is 0 Å². The van der Waals surface area contributed by atoms with Gasteiger partial charge in [0.2, 0.25) is 5.88 Å². The summed E-state index contributed by atoms with van der Waals surface area (Å²) in [7, 11) is 3.97. The summed E-state index contributed by atoms with van der Waals surface area (Å²) < 4.78 is 0. The number of nitrogens with zero attached hydrogens (tertiary/aromatic N) is 2. The van der Waals surface area contributed by atoms with Gasteiger partial charge in [-0.3, -0.25) is 4.79 Å². The molecule has 1 aromatic heterocycles. The highest BCUT2D eigenvalue weighted by Gasteiger charge is 2.10. The monoisotopic (exact) mass is 289 g/mol. The molecule has 0 atom stereocenters. The minimum absolute atomic E-state index is 0.139.